The number of H-pyrrole nitrogens is 1. The van der Waals surface area contributed by atoms with Gasteiger partial charge in [0.15, 0.2) is 12.0 Å². The van der Waals surface area contributed by atoms with E-state index in [0.717, 1.165) is 0 Å². The van der Waals surface area contributed by atoms with Crippen molar-refractivity contribution >= 4 is 15.9 Å². The van der Waals surface area contributed by atoms with Crippen LogP contribution in [0.1, 0.15) is 20.1 Å². The Labute approximate surface area is 138 Å². The Hall–Kier alpha value is -1.56. The molecular formula is C12H16BrN5O5. The number of nitrogens with one attached hydrogen (secondary N) is 3. The first-order chi connectivity index (χ1) is 10.8. The number of nitrogens with zero attached hydrogens (tertiary/aromatic N) is 2. The summed E-state index contributed by atoms with van der Waals surface area (Å²) in [6.45, 7) is 3.70. The summed E-state index contributed by atoms with van der Waals surface area (Å²) < 4.78 is 19.0. The van der Waals surface area contributed by atoms with Crippen LogP contribution in [0, 0.1) is 5.53 Å². The zero-order chi connectivity index (χ0) is 16.8. The molecule has 3 rings (SSSR count). The molecule has 0 aromatic carbocycles. The van der Waals surface area contributed by atoms with E-state index in [0.29, 0.717) is 0 Å². The Bertz CT molecular complexity index is 731. The van der Waals surface area contributed by atoms with Gasteiger partial charge in [0.05, 0.1) is 10.6 Å². The molecule has 0 saturated carbocycles. The predicted octanol–water partition coefficient (Wildman–Crippen LogP) is -0.883. The summed E-state index contributed by atoms with van der Waals surface area (Å²) in [6, 6.07) is 0. The molecule has 2 aliphatic heterocycles. The second-order valence-corrected chi connectivity index (χ2v) is 6.58. The summed E-state index contributed by atoms with van der Waals surface area (Å²) in [6.07, 6.45) is -0.869. The van der Waals surface area contributed by atoms with Crippen molar-refractivity contribution < 1.29 is 19.4 Å². The molecule has 1 aromatic heterocycles. The van der Waals surface area contributed by atoms with E-state index in [-0.39, 0.29) is 11.0 Å². The number of ether oxygens (including phenoxy) is 3. The highest BCUT2D eigenvalue weighted by atomic mass is 79.9. The van der Waals surface area contributed by atoms with Crippen LogP contribution in [0.5, 0.6) is 0 Å². The smallest absolute Gasteiger partial charge is 0.330 e. The minimum Gasteiger partial charge on any atom is -0.349 e. The highest BCUT2D eigenvalue weighted by Gasteiger charge is 2.55. The largest absolute Gasteiger partial charge is 0.349 e. The number of hydrogen-bond donors (Lipinski definition) is 3. The molecule has 0 aliphatic carbocycles. The molecule has 4 atom stereocenters. The molecule has 1 unspecified atom stereocenters. The Morgan fingerprint density at radius 2 is 2.13 bits per heavy atom. The normalized spacial score (nSPS) is 31.8. The Balaban J connectivity index is 1.96. The van der Waals surface area contributed by atoms with E-state index in [4.69, 9.17) is 19.7 Å². The third kappa shape index (κ3) is 2.96. The van der Waals surface area contributed by atoms with Gasteiger partial charge in [-0.3, -0.25) is 14.3 Å². The van der Waals surface area contributed by atoms with E-state index in [9.17, 15) is 9.59 Å². The summed E-state index contributed by atoms with van der Waals surface area (Å²) in [5, 5.41) is 1.95. The van der Waals surface area contributed by atoms with Crippen LogP contribution < -0.4 is 16.5 Å². The highest BCUT2D eigenvalue weighted by Crippen LogP contribution is 2.42. The molecule has 2 aliphatic rings. The SMILES string of the molecule is CC1(C)OC2[C@@H](O1)[C@@H](C[N-][NH+]=N)O[C@H]2n1cc(Br)c(=O)[nH]c1=O. The molecule has 1 aromatic rings. The zero-order valence-electron chi connectivity index (χ0n) is 12.4. The van der Waals surface area contributed by atoms with Gasteiger partial charge in [-0.1, -0.05) is 0 Å². The van der Waals surface area contributed by atoms with E-state index in [1.807, 2.05) is 5.22 Å². The van der Waals surface area contributed by atoms with Crippen LogP contribution in [-0.4, -0.2) is 40.2 Å². The lowest BCUT2D eigenvalue weighted by Gasteiger charge is -2.24. The first-order valence-electron chi connectivity index (χ1n) is 6.93. The number of aromatic nitrogens is 2. The maximum atomic E-state index is 12.1. The maximum Gasteiger partial charge on any atom is 0.330 e. The Morgan fingerprint density at radius 1 is 1.43 bits per heavy atom. The lowest BCUT2D eigenvalue weighted by Crippen LogP contribution is -2.58. The molecule has 2 saturated heterocycles. The van der Waals surface area contributed by atoms with Crippen LogP contribution in [0.25, 0.3) is 5.43 Å². The number of halogens is 1. The summed E-state index contributed by atoms with van der Waals surface area (Å²) in [5.41, 5.74) is 9.51. The highest BCUT2D eigenvalue weighted by molar-refractivity contribution is 9.10. The molecule has 0 amide bonds. The lowest BCUT2D eigenvalue weighted by molar-refractivity contribution is -0.506. The Morgan fingerprint density at radius 3 is 2.83 bits per heavy atom. The first kappa shape index (κ1) is 16.3. The van der Waals surface area contributed by atoms with Gasteiger partial charge in [-0.15, -0.1) is 0 Å². The van der Waals surface area contributed by atoms with Crippen LogP contribution in [0.4, 0.5) is 0 Å². The standard InChI is InChI=1S/C12H16BrN5O5/c1-12(2)22-7-6(3-15-17-14)21-10(8(7)23-12)18-4-5(13)9(19)16-11(18)20/h4,6-8,10,17H,3H2,1-2H3,(H2-,14,15,16,19,20)/t6-,7+,8?,10-/m1/s1. The fraction of sp³-hybridized carbons (Fsp3) is 0.667. The van der Waals surface area contributed by atoms with E-state index >= 15 is 0 Å². The fourth-order valence-electron chi connectivity index (χ4n) is 2.82. The van der Waals surface area contributed by atoms with Crippen LogP contribution in [0.15, 0.2) is 20.3 Å². The van der Waals surface area contributed by atoms with Crippen LogP contribution >= 0.6 is 15.9 Å². The monoisotopic (exact) mass is 389 g/mol. The van der Waals surface area contributed by atoms with Crippen molar-refractivity contribution in [2.45, 2.75) is 44.2 Å². The molecule has 0 bridgehead atoms. The number of hydrogen-bond acceptors (Lipinski definition) is 6. The number of aromatic amines is 1. The number of rotatable bonds is 4. The summed E-state index contributed by atoms with van der Waals surface area (Å²) in [7, 11) is 0. The van der Waals surface area contributed by atoms with Crippen LogP contribution in [0.2, 0.25) is 0 Å². The molecule has 10 nitrogen and oxygen atoms in total. The second-order valence-electron chi connectivity index (χ2n) is 5.73. The molecular weight excluding hydrogens is 374 g/mol. The number of fused-ring (bicyclic) bond motifs is 1. The minimum absolute atomic E-state index is 0.167. The van der Waals surface area contributed by atoms with Gasteiger partial charge in [-0.25, -0.2) is 15.8 Å². The molecule has 126 valence electrons. The van der Waals surface area contributed by atoms with Gasteiger partial charge in [0.25, 0.3) is 5.56 Å². The van der Waals surface area contributed by atoms with Crippen molar-refractivity contribution in [1.29, 1.82) is 5.53 Å². The van der Waals surface area contributed by atoms with Crippen molar-refractivity contribution in [2.75, 3.05) is 6.54 Å². The van der Waals surface area contributed by atoms with Crippen molar-refractivity contribution in [3.05, 3.63) is 36.9 Å². The predicted molar refractivity (Wildman–Crippen MR) is 78.7 cm³/mol. The quantitative estimate of drug-likeness (QED) is 0.453. The molecule has 0 radical (unpaired) electrons. The summed E-state index contributed by atoms with van der Waals surface area (Å²) >= 11 is 3.09. The second kappa shape index (κ2) is 5.82. The van der Waals surface area contributed by atoms with E-state index in [2.05, 4.69) is 26.3 Å². The molecule has 2 fully saturated rings. The topological polar surface area (TPSA) is 134 Å². The van der Waals surface area contributed by atoms with E-state index in [1.165, 1.54) is 10.8 Å². The molecule has 11 heteroatoms. The van der Waals surface area contributed by atoms with Gasteiger partial charge >= 0.3 is 5.69 Å². The Kier molecular flexibility index (Phi) is 4.12. The van der Waals surface area contributed by atoms with Crippen LogP contribution in [0.3, 0.4) is 0 Å². The molecule has 0 spiro atoms. The van der Waals surface area contributed by atoms with Crippen molar-refractivity contribution in [3.8, 4) is 0 Å². The minimum atomic E-state index is -0.826. The molecule has 3 N–H and O–H groups in total. The fourth-order valence-corrected chi connectivity index (χ4v) is 3.14. The van der Waals surface area contributed by atoms with Crippen molar-refractivity contribution in [1.82, 2.24) is 9.55 Å². The van der Waals surface area contributed by atoms with Gasteiger partial charge in [0.1, 0.15) is 12.2 Å². The van der Waals surface area contributed by atoms with Gasteiger partial charge in [0.2, 0.25) is 0 Å². The lowest BCUT2D eigenvalue weighted by atomic mass is 10.1. The third-order valence-electron chi connectivity index (χ3n) is 3.67. The molecule has 3 heterocycles. The van der Waals surface area contributed by atoms with E-state index in [1.54, 1.807) is 13.8 Å². The van der Waals surface area contributed by atoms with Crippen molar-refractivity contribution in [2.24, 2.45) is 0 Å². The van der Waals surface area contributed by atoms with Gasteiger partial charge in [-0.05, 0) is 29.8 Å². The van der Waals surface area contributed by atoms with E-state index < -0.39 is 41.6 Å². The van der Waals surface area contributed by atoms with Crippen molar-refractivity contribution in [3.63, 3.8) is 0 Å². The van der Waals surface area contributed by atoms with Gasteiger partial charge in [0, 0.05) is 12.7 Å². The zero-order valence-corrected chi connectivity index (χ0v) is 14.0. The average molecular weight is 390 g/mol. The van der Waals surface area contributed by atoms with Crippen LogP contribution in [-0.2, 0) is 14.2 Å². The summed E-state index contributed by atoms with van der Waals surface area (Å²) in [4.78, 5) is 25.8. The van der Waals surface area contributed by atoms with Gasteiger partial charge < -0.3 is 14.2 Å². The first-order valence-corrected chi connectivity index (χ1v) is 7.72. The van der Waals surface area contributed by atoms with Gasteiger partial charge in [-0.2, -0.15) is 5.22 Å². The maximum absolute atomic E-state index is 12.1. The summed E-state index contributed by atoms with van der Waals surface area (Å²) in [5.74, 6) is -0.826. The molecule has 23 heavy (non-hydrogen) atoms. The average Bonchev–Trinajstić information content (AvgIpc) is 2.94. The third-order valence-corrected chi connectivity index (χ3v) is 4.24.